The lowest BCUT2D eigenvalue weighted by Gasteiger charge is -2.27. The van der Waals surface area contributed by atoms with Crippen molar-refractivity contribution in [2.75, 3.05) is 13.2 Å². The number of rotatable bonds is 6. The Kier molecular flexibility index (Phi) is 5.66. The van der Waals surface area contributed by atoms with Crippen molar-refractivity contribution in [2.24, 2.45) is 0 Å². The van der Waals surface area contributed by atoms with E-state index < -0.39 is 6.10 Å². The Hall–Kier alpha value is -2.69. The highest BCUT2D eigenvalue weighted by atomic mass is 16.6. The van der Waals surface area contributed by atoms with E-state index in [-0.39, 0.29) is 12.0 Å². The van der Waals surface area contributed by atoms with Gasteiger partial charge in [-0.2, -0.15) is 0 Å². The van der Waals surface area contributed by atoms with Crippen molar-refractivity contribution in [1.29, 1.82) is 0 Å². The Balaban J connectivity index is 1.56. The average molecular weight is 355 g/mol. The third-order valence-electron chi connectivity index (χ3n) is 4.35. The molecule has 1 N–H and O–H groups in total. The molecule has 0 spiro atoms. The first-order valence-electron chi connectivity index (χ1n) is 8.97. The van der Waals surface area contributed by atoms with Crippen molar-refractivity contribution in [3.63, 3.8) is 0 Å². The van der Waals surface area contributed by atoms with Crippen LogP contribution in [0.5, 0.6) is 17.2 Å². The molecule has 2 aromatic carbocycles. The van der Waals surface area contributed by atoms with Crippen LogP contribution in [0.3, 0.4) is 0 Å². The van der Waals surface area contributed by atoms with Crippen molar-refractivity contribution < 1.29 is 19.0 Å². The lowest BCUT2D eigenvalue weighted by atomic mass is 10.1. The second-order valence-electron chi connectivity index (χ2n) is 6.53. The molecular formula is C21H25NO4. The number of ether oxygens (including phenoxy) is 3. The second-order valence-corrected chi connectivity index (χ2v) is 6.53. The maximum Gasteiger partial charge on any atom is 0.261 e. The van der Waals surface area contributed by atoms with Crippen molar-refractivity contribution in [1.82, 2.24) is 5.32 Å². The van der Waals surface area contributed by atoms with Gasteiger partial charge >= 0.3 is 0 Å². The average Bonchev–Trinajstić information content (AvgIpc) is 2.66. The number of hydrogen-bond acceptors (Lipinski definition) is 4. The van der Waals surface area contributed by atoms with Gasteiger partial charge in [-0.1, -0.05) is 31.2 Å². The largest absolute Gasteiger partial charge is 0.486 e. The van der Waals surface area contributed by atoms with Gasteiger partial charge in [0.25, 0.3) is 5.91 Å². The topological polar surface area (TPSA) is 56.8 Å². The maximum absolute atomic E-state index is 12.5. The first kappa shape index (κ1) is 18.1. The van der Waals surface area contributed by atoms with Crippen molar-refractivity contribution in [2.45, 2.75) is 39.4 Å². The quantitative estimate of drug-likeness (QED) is 0.863. The van der Waals surface area contributed by atoms with Gasteiger partial charge in [-0.15, -0.1) is 0 Å². The van der Waals surface area contributed by atoms with Crippen LogP contribution in [0.2, 0.25) is 0 Å². The van der Waals surface area contributed by atoms with E-state index in [1.807, 2.05) is 63.2 Å². The van der Waals surface area contributed by atoms with E-state index in [0.717, 1.165) is 22.6 Å². The fourth-order valence-corrected chi connectivity index (χ4v) is 2.80. The van der Waals surface area contributed by atoms with Crippen molar-refractivity contribution >= 4 is 5.91 Å². The highest BCUT2D eigenvalue weighted by Crippen LogP contribution is 2.30. The number of fused-ring (bicyclic) bond motifs is 1. The molecule has 3 rings (SSSR count). The molecule has 138 valence electrons. The van der Waals surface area contributed by atoms with E-state index in [1.165, 1.54) is 0 Å². The van der Waals surface area contributed by atoms with Gasteiger partial charge in [0.2, 0.25) is 0 Å². The van der Waals surface area contributed by atoms with Crippen LogP contribution in [0, 0.1) is 13.8 Å². The molecule has 5 nitrogen and oxygen atoms in total. The fourth-order valence-electron chi connectivity index (χ4n) is 2.80. The molecule has 1 heterocycles. The van der Waals surface area contributed by atoms with Crippen LogP contribution in [0.25, 0.3) is 0 Å². The number of amides is 1. The number of aryl methyl sites for hydroxylation is 2. The van der Waals surface area contributed by atoms with E-state index in [4.69, 9.17) is 14.2 Å². The fraction of sp³-hybridized carbons (Fsp3) is 0.381. The molecule has 1 aliphatic rings. The summed E-state index contributed by atoms with van der Waals surface area (Å²) >= 11 is 0. The Bertz CT molecular complexity index is 774. The summed E-state index contributed by atoms with van der Waals surface area (Å²) in [6.45, 7) is 6.70. The van der Waals surface area contributed by atoms with E-state index >= 15 is 0 Å². The van der Waals surface area contributed by atoms with Crippen LogP contribution >= 0.6 is 0 Å². The standard InChI is InChI=1S/C21H25NO4/c1-4-17(26-20-11-14(2)9-10-15(20)3)21(23)22-12-16-13-24-18-7-5-6-8-19(18)25-16/h5-11,16-17H,4,12-13H2,1-3H3,(H,22,23)/t16-,17+/m0/s1. The number of para-hydroxylation sites is 2. The molecular weight excluding hydrogens is 330 g/mol. The first-order chi connectivity index (χ1) is 12.6. The Labute approximate surface area is 154 Å². The van der Waals surface area contributed by atoms with Crippen molar-refractivity contribution in [3.8, 4) is 17.2 Å². The van der Waals surface area contributed by atoms with Crippen LogP contribution in [-0.2, 0) is 4.79 Å². The summed E-state index contributed by atoms with van der Waals surface area (Å²) < 4.78 is 17.5. The minimum absolute atomic E-state index is 0.143. The van der Waals surface area contributed by atoms with Gasteiger partial charge < -0.3 is 19.5 Å². The highest BCUT2D eigenvalue weighted by Gasteiger charge is 2.24. The molecule has 0 fully saturated rings. The summed E-state index contributed by atoms with van der Waals surface area (Å²) in [4.78, 5) is 12.5. The van der Waals surface area contributed by atoms with Gasteiger partial charge in [0, 0.05) is 0 Å². The number of hydrogen-bond donors (Lipinski definition) is 1. The summed E-state index contributed by atoms with van der Waals surface area (Å²) in [7, 11) is 0. The zero-order chi connectivity index (χ0) is 18.5. The molecule has 0 saturated heterocycles. The Morgan fingerprint density at radius 3 is 2.77 bits per heavy atom. The van der Waals surface area contributed by atoms with Crippen LogP contribution in [0.1, 0.15) is 24.5 Å². The Morgan fingerprint density at radius 1 is 1.23 bits per heavy atom. The second kappa shape index (κ2) is 8.13. The first-order valence-corrected chi connectivity index (χ1v) is 8.97. The van der Waals surface area contributed by atoms with Crippen LogP contribution < -0.4 is 19.5 Å². The molecule has 0 aromatic heterocycles. The number of carbonyl (C=O) groups excluding carboxylic acids is 1. The molecule has 0 aliphatic carbocycles. The summed E-state index contributed by atoms with van der Waals surface area (Å²) in [5.41, 5.74) is 2.12. The van der Waals surface area contributed by atoms with Crippen LogP contribution in [0.4, 0.5) is 0 Å². The van der Waals surface area contributed by atoms with Gasteiger partial charge in [-0.05, 0) is 49.6 Å². The monoisotopic (exact) mass is 355 g/mol. The number of nitrogens with one attached hydrogen (secondary N) is 1. The molecule has 0 saturated carbocycles. The smallest absolute Gasteiger partial charge is 0.261 e. The van der Waals surface area contributed by atoms with Gasteiger partial charge in [-0.3, -0.25) is 4.79 Å². The third-order valence-corrected chi connectivity index (χ3v) is 4.35. The molecule has 1 aliphatic heterocycles. The molecule has 2 aromatic rings. The summed E-state index contributed by atoms with van der Waals surface area (Å²) in [6, 6.07) is 13.5. The van der Waals surface area contributed by atoms with Gasteiger partial charge in [0.1, 0.15) is 18.5 Å². The van der Waals surface area contributed by atoms with Crippen LogP contribution in [-0.4, -0.2) is 31.3 Å². The molecule has 0 radical (unpaired) electrons. The Morgan fingerprint density at radius 2 is 2.00 bits per heavy atom. The summed E-state index contributed by atoms with van der Waals surface area (Å²) in [5, 5.41) is 2.92. The molecule has 2 atom stereocenters. The highest BCUT2D eigenvalue weighted by molar-refractivity contribution is 5.81. The lowest BCUT2D eigenvalue weighted by Crippen LogP contribution is -2.45. The summed E-state index contributed by atoms with van der Waals surface area (Å²) in [6.07, 6.45) is -0.163. The van der Waals surface area contributed by atoms with E-state index in [2.05, 4.69) is 5.32 Å². The minimum Gasteiger partial charge on any atom is -0.486 e. The molecule has 0 unspecified atom stereocenters. The van der Waals surface area contributed by atoms with Gasteiger partial charge in [0.05, 0.1) is 6.54 Å². The van der Waals surface area contributed by atoms with E-state index in [0.29, 0.717) is 25.3 Å². The zero-order valence-electron chi connectivity index (χ0n) is 15.5. The molecule has 5 heteroatoms. The lowest BCUT2D eigenvalue weighted by molar-refractivity contribution is -0.128. The van der Waals surface area contributed by atoms with E-state index in [9.17, 15) is 4.79 Å². The normalized spacial score (nSPS) is 16.7. The van der Waals surface area contributed by atoms with Crippen molar-refractivity contribution in [3.05, 3.63) is 53.6 Å². The molecule has 26 heavy (non-hydrogen) atoms. The SMILES string of the molecule is CC[C@@H](Oc1cc(C)ccc1C)C(=O)NC[C@H]1COc2ccccc2O1. The van der Waals surface area contributed by atoms with Crippen LogP contribution in [0.15, 0.2) is 42.5 Å². The van der Waals surface area contributed by atoms with Gasteiger partial charge in [0.15, 0.2) is 17.6 Å². The molecule has 0 bridgehead atoms. The summed E-state index contributed by atoms with van der Waals surface area (Å²) in [5.74, 6) is 2.05. The van der Waals surface area contributed by atoms with E-state index in [1.54, 1.807) is 0 Å². The number of benzene rings is 2. The van der Waals surface area contributed by atoms with Gasteiger partial charge in [-0.25, -0.2) is 0 Å². The maximum atomic E-state index is 12.5. The predicted molar refractivity (Wildman–Crippen MR) is 100.0 cm³/mol. The molecule has 1 amide bonds. The third kappa shape index (κ3) is 4.28. The number of carbonyl (C=O) groups is 1. The zero-order valence-corrected chi connectivity index (χ0v) is 15.5. The minimum atomic E-state index is -0.535. The predicted octanol–water partition coefficient (Wildman–Crippen LogP) is 3.42.